The van der Waals surface area contributed by atoms with Gasteiger partial charge in [0.2, 0.25) is 0 Å². The summed E-state index contributed by atoms with van der Waals surface area (Å²) >= 11 is 0. The van der Waals surface area contributed by atoms with Crippen LogP contribution in [0.15, 0.2) is 0 Å². The summed E-state index contributed by atoms with van der Waals surface area (Å²) in [7, 11) is 1.70. The van der Waals surface area contributed by atoms with Gasteiger partial charge in [-0.2, -0.15) is 5.06 Å². The Balaban J connectivity index is 2.09. The molecule has 0 bridgehead atoms. The third-order valence-electron chi connectivity index (χ3n) is 2.74. The van der Waals surface area contributed by atoms with Crippen molar-refractivity contribution < 1.29 is 5.21 Å². The van der Waals surface area contributed by atoms with E-state index in [-0.39, 0.29) is 0 Å². The summed E-state index contributed by atoms with van der Waals surface area (Å²) in [6, 6.07) is 0. The molecule has 1 heterocycles. The Hall–Kier alpha value is -0.160. The van der Waals surface area contributed by atoms with Gasteiger partial charge in [0, 0.05) is 46.3 Å². The molecule has 0 spiro atoms. The Morgan fingerprint density at radius 1 is 1.07 bits per heavy atom. The van der Waals surface area contributed by atoms with Gasteiger partial charge in [-0.3, -0.25) is 4.90 Å². The van der Waals surface area contributed by atoms with Crippen LogP contribution in [0.2, 0.25) is 0 Å². The van der Waals surface area contributed by atoms with Gasteiger partial charge in [0.05, 0.1) is 0 Å². The molecular weight excluding hydrogens is 178 g/mol. The van der Waals surface area contributed by atoms with Gasteiger partial charge in [0.15, 0.2) is 0 Å². The zero-order valence-corrected chi connectivity index (χ0v) is 9.45. The fourth-order valence-electron chi connectivity index (χ4n) is 1.84. The molecule has 4 nitrogen and oxygen atoms in total. The summed E-state index contributed by atoms with van der Waals surface area (Å²) in [6.07, 6.45) is 1.25. The molecule has 14 heavy (non-hydrogen) atoms. The van der Waals surface area contributed by atoms with E-state index >= 15 is 0 Å². The summed E-state index contributed by atoms with van der Waals surface area (Å²) < 4.78 is 0. The standard InChI is InChI=1S/C10H23N3O/c1-3-4-12-7-9-13(10-8-12)6-5-11(2)14/h14H,3-10H2,1-2H3. The lowest BCUT2D eigenvalue weighted by molar-refractivity contribution is -0.0711. The molecule has 0 radical (unpaired) electrons. The molecule has 0 aromatic carbocycles. The van der Waals surface area contributed by atoms with E-state index in [4.69, 9.17) is 5.21 Å². The minimum atomic E-state index is 0.744. The summed E-state index contributed by atoms with van der Waals surface area (Å²) in [5.74, 6) is 0. The van der Waals surface area contributed by atoms with Crippen molar-refractivity contribution in [1.29, 1.82) is 0 Å². The largest absolute Gasteiger partial charge is 0.314 e. The fraction of sp³-hybridized carbons (Fsp3) is 1.00. The minimum Gasteiger partial charge on any atom is -0.314 e. The Bertz CT molecular complexity index is 144. The highest BCUT2D eigenvalue weighted by molar-refractivity contribution is 4.71. The van der Waals surface area contributed by atoms with Crippen LogP contribution in [0.3, 0.4) is 0 Å². The summed E-state index contributed by atoms with van der Waals surface area (Å²) in [5, 5.41) is 10.3. The molecule has 0 atom stereocenters. The van der Waals surface area contributed by atoms with Crippen LogP contribution in [0.25, 0.3) is 0 Å². The lowest BCUT2D eigenvalue weighted by Gasteiger charge is -2.34. The maximum absolute atomic E-state index is 9.02. The molecule has 1 N–H and O–H groups in total. The zero-order chi connectivity index (χ0) is 10.4. The lowest BCUT2D eigenvalue weighted by Crippen LogP contribution is -2.48. The lowest BCUT2D eigenvalue weighted by atomic mass is 10.3. The van der Waals surface area contributed by atoms with E-state index in [2.05, 4.69) is 16.7 Å². The van der Waals surface area contributed by atoms with Crippen molar-refractivity contribution in [3.63, 3.8) is 0 Å². The second kappa shape index (κ2) is 6.35. The maximum Gasteiger partial charge on any atom is 0.0362 e. The van der Waals surface area contributed by atoms with Crippen LogP contribution in [-0.4, -0.2) is 72.9 Å². The smallest absolute Gasteiger partial charge is 0.0362 e. The van der Waals surface area contributed by atoms with Gasteiger partial charge in [-0.15, -0.1) is 0 Å². The van der Waals surface area contributed by atoms with Crippen molar-refractivity contribution in [3.05, 3.63) is 0 Å². The van der Waals surface area contributed by atoms with E-state index in [1.165, 1.54) is 31.1 Å². The quantitative estimate of drug-likeness (QED) is 0.650. The van der Waals surface area contributed by atoms with Gasteiger partial charge in [0.25, 0.3) is 0 Å². The Kier molecular flexibility index (Phi) is 5.40. The molecular formula is C10H23N3O. The maximum atomic E-state index is 9.02. The molecule has 1 saturated heterocycles. The van der Waals surface area contributed by atoms with E-state index in [0.29, 0.717) is 0 Å². The van der Waals surface area contributed by atoms with E-state index in [1.54, 1.807) is 7.05 Å². The predicted octanol–water partition coefficient (Wildman–Crippen LogP) is 0.335. The second-order valence-electron chi connectivity index (χ2n) is 4.06. The van der Waals surface area contributed by atoms with E-state index in [1.807, 2.05) is 0 Å². The monoisotopic (exact) mass is 201 g/mol. The number of nitrogens with zero attached hydrogens (tertiary/aromatic N) is 3. The molecule has 1 aliphatic rings. The molecule has 0 aliphatic carbocycles. The van der Waals surface area contributed by atoms with Gasteiger partial charge in [-0.05, 0) is 13.0 Å². The molecule has 0 aromatic rings. The molecule has 84 valence electrons. The molecule has 0 unspecified atom stereocenters. The molecule has 1 fully saturated rings. The number of hydrogen-bond acceptors (Lipinski definition) is 4. The van der Waals surface area contributed by atoms with Crippen molar-refractivity contribution in [1.82, 2.24) is 14.9 Å². The van der Waals surface area contributed by atoms with Gasteiger partial charge < -0.3 is 10.1 Å². The number of piperazine rings is 1. The SMILES string of the molecule is CCCN1CCN(CCN(C)O)CC1. The third kappa shape index (κ3) is 4.37. The molecule has 0 saturated carbocycles. The first kappa shape index (κ1) is 11.9. The molecule has 0 amide bonds. The summed E-state index contributed by atoms with van der Waals surface area (Å²) in [5.41, 5.74) is 0. The number of hydrogen-bond donors (Lipinski definition) is 1. The van der Waals surface area contributed by atoms with Crippen molar-refractivity contribution in [2.24, 2.45) is 0 Å². The highest BCUT2D eigenvalue weighted by Crippen LogP contribution is 2.01. The average molecular weight is 201 g/mol. The Morgan fingerprint density at radius 3 is 2.00 bits per heavy atom. The van der Waals surface area contributed by atoms with Crippen LogP contribution in [0, 0.1) is 0 Å². The Labute approximate surface area is 87.0 Å². The Morgan fingerprint density at radius 2 is 1.57 bits per heavy atom. The number of likely N-dealkylation sites (N-methyl/N-ethyl adjacent to an activating group) is 1. The first-order chi connectivity index (χ1) is 6.72. The van der Waals surface area contributed by atoms with Gasteiger partial charge in [-0.1, -0.05) is 6.92 Å². The van der Waals surface area contributed by atoms with Crippen molar-refractivity contribution in [2.75, 3.05) is 52.9 Å². The van der Waals surface area contributed by atoms with Crippen LogP contribution in [0.4, 0.5) is 0 Å². The van der Waals surface area contributed by atoms with Crippen LogP contribution in [-0.2, 0) is 0 Å². The van der Waals surface area contributed by atoms with Gasteiger partial charge in [0.1, 0.15) is 0 Å². The topological polar surface area (TPSA) is 30.0 Å². The normalized spacial score (nSPS) is 20.6. The highest BCUT2D eigenvalue weighted by atomic mass is 16.5. The molecule has 0 aromatic heterocycles. The fourth-order valence-corrected chi connectivity index (χ4v) is 1.84. The third-order valence-corrected chi connectivity index (χ3v) is 2.74. The van der Waals surface area contributed by atoms with Crippen molar-refractivity contribution in [3.8, 4) is 0 Å². The van der Waals surface area contributed by atoms with Crippen LogP contribution in [0.5, 0.6) is 0 Å². The summed E-state index contributed by atoms with van der Waals surface area (Å²) in [4.78, 5) is 4.93. The van der Waals surface area contributed by atoms with Crippen LogP contribution < -0.4 is 0 Å². The number of rotatable bonds is 5. The molecule has 1 rings (SSSR count). The van der Waals surface area contributed by atoms with E-state index in [0.717, 1.165) is 26.2 Å². The van der Waals surface area contributed by atoms with Crippen molar-refractivity contribution in [2.45, 2.75) is 13.3 Å². The number of hydroxylamine groups is 2. The van der Waals surface area contributed by atoms with Crippen LogP contribution >= 0.6 is 0 Å². The highest BCUT2D eigenvalue weighted by Gasteiger charge is 2.15. The first-order valence-corrected chi connectivity index (χ1v) is 5.57. The average Bonchev–Trinajstić information content (AvgIpc) is 2.17. The van der Waals surface area contributed by atoms with Gasteiger partial charge in [-0.25, -0.2) is 0 Å². The van der Waals surface area contributed by atoms with E-state index in [9.17, 15) is 0 Å². The predicted molar refractivity (Wildman–Crippen MR) is 57.6 cm³/mol. The second-order valence-corrected chi connectivity index (χ2v) is 4.06. The molecule has 4 heteroatoms. The zero-order valence-electron chi connectivity index (χ0n) is 9.45. The van der Waals surface area contributed by atoms with Crippen LogP contribution in [0.1, 0.15) is 13.3 Å². The first-order valence-electron chi connectivity index (χ1n) is 5.57. The minimum absolute atomic E-state index is 0.744. The van der Waals surface area contributed by atoms with E-state index < -0.39 is 0 Å². The van der Waals surface area contributed by atoms with Gasteiger partial charge >= 0.3 is 0 Å². The van der Waals surface area contributed by atoms with Crippen molar-refractivity contribution >= 4 is 0 Å². The molecule has 1 aliphatic heterocycles. The summed E-state index contributed by atoms with van der Waals surface area (Å²) in [6.45, 7) is 9.84.